The van der Waals surface area contributed by atoms with E-state index in [1.165, 1.54) is 0 Å². The third-order valence-corrected chi connectivity index (χ3v) is 2.65. The number of nitrogens with two attached hydrogens (primary N) is 1. The number of hydrogen-bond acceptors (Lipinski definition) is 7. The van der Waals surface area contributed by atoms with E-state index in [1.54, 1.807) is 25.6 Å². The first-order valence-corrected chi connectivity index (χ1v) is 6.41. The van der Waals surface area contributed by atoms with E-state index in [-0.39, 0.29) is 0 Å². The maximum Gasteiger partial charge on any atom is 0.261 e. The van der Waals surface area contributed by atoms with E-state index in [9.17, 15) is 0 Å². The molecule has 0 aromatic carbocycles. The second-order valence-electron chi connectivity index (χ2n) is 4.22. The summed E-state index contributed by atoms with van der Waals surface area (Å²) in [4.78, 5) is 8.25. The van der Waals surface area contributed by atoms with E-state index in [0.717, 1.165) is 6.42 Å². The molecule has 1 unspecified atom stereocenters. The van der Waals surface area contributed by atoms with Crippen LogP contribution in [0.5, 0.6) is 5.75 Å². The minimum Gasteiger partial charge on any atom is -0.494 e. The summed E-state index contributed by atoms with van der Waals surface area (Å²) >= 11 is 0. The molecule has 7 nitrogen and oxygen atoms in total. The molecule has 0 amide bonds. The van der Waals surface area contributed by atoms with Gasteiger partial charge in [0.15, 0.2) is 5.82 Å². The summed E-state index contributed by atoms with van der Waals surface area (Å²) in [6.07, 6.45) is 4.16. The van der Waals surface area contributed by atoms with Gasteiger partial charge >= 0.3 is 0 Å². The Morgan fingerprint density at radius 1 is 1.45 bits per heavy atom. The molecule has 2 heterocycles. The lowest BCUT2D eigenvalue weighted by Gasteiger charge is -2.06. The van der Waals surface area contributed by atoms with Crippen molar-refractivity contribution in [3.63, 3.8) is 0 Å². The van der Waals surface area contributed by atoms with Crippen molar-refractivity contribution in [2.45, 2.75) is 19.4 Å². The van der Waals surface area contributed by atoms with E-state index < -0.39 is 6.04 Å². The average Bonchev–Trinajstić information content (AvgIpc) is 2.97. The van der Waals surface area contributed by atoms with Gasteiger partial charge in [0.05, 0.1) is 31.5 Å². The first-order valence-electron chi connectivity index (χ1n) is 6.41. The highest BCUT2D eigenvalue weighted by Gasteiger charge is 2.17. The van der Waals surface area contributed by atoms with Gasteiger partial charge in [-0.2, -0.15) is 4.98 Å². The molecule has 0 aliphatic carbocycles. The predicted octanol–water partition coefficient (Wildman–Crippen LogP) is 1.57. The van der Waals surface area contributed by atoms with Crippen LogP contribution in [-0.2, 0) is 4.74 Å². The zero-order chi connectivity index (χ0) is 14.4. The molecule has 0 saturated heterocycles. The molecular formula is C13H18N4O3. The van der Waals surface area contributed by atoms with Crippen LogP contribution in [0.3, 0.4) is 0 Å². The minimum absolute atomic E-state index is 0.352. The Balaban J connectivity index is 2.12. The first-order chi connectivity index (χ1) is 9.76. The first kappa shape index (κ1) is 14.4. The highest BCUT2D eigenvalue weighted by Crippen LogP contribution is 2.27. The molecule has 0 bridgehead atoms. The Hall–Kier alpha value is -1.99. The number of hydrogen-bond donors (Lipinski definition) is 1. The van der Waals surface area contributed by atoms with Gasteiger partial charge < -0.3 is 19.7 Å². The molecule has 7 heteroatoms. The standard InChI is InChI=1S/C13H18N4O3/c1-3-6-19-8-10(14)12-16-13(20-17-12)9-4-5-15-7-11(9)18-2/h4-5,7,10H,3,6,8,14H2,1-2H3. The highest BCUT2D eigenvalue weighted by atomic mass is 16.5. The second kappa shape index (κ2) is 6.97. The molecule has 2 rings (SSSR count). The van der Waals surface area contributed by atoms with Crippen LogP contribution >= 0.6 is 0 Å². The van der Waals surface area contributed by atoms with Crippen LogP contribution in [0, 0.1) is 0 Å². The molecule has 2 aromatic rings. The van der Waals surface area contributed by atoms with Gasteiger partial charge in [0, 0.05) is 12.8 Å². The van der Waals surface area contributed by atoms with Crippen molar-refractivity contribution < 1.29 is 14.0 Å². The average molecular weight is 278 g/mol. The Morgan fingerprint density at radius 3 is 3.05 bits per heavy atom. The van der Waals surface area contributed by atoms with Gasteiger partial charge in [0.1, 0.15) is 5.75 Å². The molecule has 2 aromatic heterocycles. The van der Waals surface area contributed by atoms with E-state index in [0.29, 0.717) is 36.2 Å². The highest BCUT2D eigenvalue weighted by molar-refractivity contribution is 5.61. The van der Waals surface area contributed by atoms with E-state index in [2.05, 4.69) is 15.1 Å². The van der Waals surface area contributed by atoms with Crippen LogP contribution in [0.1, 0.15) is 25.2 Å². The number of pyridine rings is 1. The molecule has 2 N–H and O–H groups in total. The van der Waals surface area contributed by atoms with Crippen molar-refractivity contribution in [3.05, 3.63) is 24.3 Å². The molecular weight excluding hydrogens is 260 g/mol. The van der Waals surface area contributed by atoms with Crippen molar-refractivity contribution in [1.29, 1.82) is 0 Å². The van der Waals surface area contributed by atoms with E-state index in [4.69, 9.17) is 19.7 Å². The zero-order valence-corrected chi connectivity index (χ0v) is 11.6. The van der Waals surface area contributed by atoms with Crippen LogP contribution in [-0.4, -0.2) is 35.4 Å². The molecule has 0 radical (unpaired) electrons. The lowest BCUT2D eigenvalue weighted by Crippen LogP contribution is -2.18. The lowest BCUT2D eigenvalue weighted by atomic mass is 10.2. The molecule has 0 saturated carbocycles. The normalized spacial score (nSPS) is 12.3. The van der Waals surface area contributed by atoms with Crippen LogP contribution in [0.4, 0.5) is 0 Å². The Labute approximate surface area is 117 Å². The number of methoxy groups -OCH3 is 1. The third-order valence-electron chi connectivity index (χ3n) is 2.65. The van der Waals surface area contributed by atoms with Crippen LogP contribution in [0.2, 0.25) is 0 Å². The number of aromatic nitrogens is 3. The van der Waals surface area contributed by atoms with E-state index in [1.807, 2.05) is 6.92 Å². The maximum absolute atomic E-state index is 5.94. The van der Waals surface area contributed by atoms with Crippen molar-refractivity contribution in [2.75, 3.05) is 20.3 Å². The fraction of sp³-hybridized carbons (Fsp3) is 0.462. The minimum atomic E-state index is -0.410. The quantitative estimate of drug-likeness (QED) is 0.768. The SMILES string of the molecule is CCCOCC(N)c1noc(-c2ccncc2OC)n1. The van der Waals surface area contributed by atoms with Gasteiger partial charge in [-0.15, -0.1) is 0 Å². The molecule has 0 aliphatic rings. The van der Waals surface area contributed by atoms with Crippen molar-refractivity contribution in [2.24, 2.45) is 5.73 Å². The summed E-state index contributed by atoms with van der Waals surface area (Å²) < 4.78 is 15.8. The number of ether oxygens (including phenoxy) is 2. The van der Waals surface area contributed by atoms with Crippen LogP contribution < -0.4 is 10.5 Å². The monoisotopic (exact) mass is 278 g/mol. The fourth-order valence-electron chi connectivity index (χ4n) is 1.64. The third kappa shape index (κ3) is 3.31. The summed E-state index contributed by atoms with van der Waals surface area (Å²) in [5.41, 5.74) is 6.63. The molecule has 0 spiro atoms. The number of nitrogens with zero attached hydrogens (tertiary/aromatic N) is 3. The van der Waals surface area contributed by atoms with Crippen LogP contribution in [0.25, 0.3) is 11.5 Å². The van der Waals surface area contributed by atoms with Gasteiger partial charge in [-0.1, -0.05) is 12.1 Å². The molecule has 20 heavy (non-hydrogen) atoms. The molecule has 108 valence electrons. The summed E-state index contributed by atoms with van der Waals surface area (Å²) in [5, 5.41) is 3.88. The summed E-state index contributed by atoms with van der Waals surface area (Å²) in [6.45, 7) is 3.06. The molecule has 0 aliphatic heterocycles. The smallest absolute Gasteiger partial charge is 0.261 e. The summed E-state index contributed by atoms with van der Waals surface area (Å²) in [5.74, 6) is 1.33. The van der Waals surface area contributed by atoms with Crippen molar-refractivity contribution in [1.82, 2.24) is 15.1 Å². The predicted molar refractivity (Wildman–Crippen MR) is 72.1 cm³/mol. The summed E-state index contributed by atoms with van der Waals surface area (Å²) in [7, 11) is 1.56. The van der Waals surface area contributed by atoms with Crippen LogP contribution in [0.15, 0.2) is 23.0 Å². The topological polar surface area (TPSA) is 96.3 Å². The maximum atomic E-state index is 5.94. The largest absolute Gasteiger partial charge is 0.494 e. The Kier molecular flexibility index (Phi) is 5.03. The lowest BCUT2D eigenvalue weighted by molar-refractivity contribution is 0.119. The van der Waals surface area contributed by atoms with Gasteiger partial charge in [0.25, 0.3) is 5.89 Å². The number of rotatable bonds is 7. The van der Waals surface area contributed by atoms with Gasteiger partial charge in [0.2, 0.25) is 0 Å². The van der Waals surface area contributed by atoms with E-state index >= 15 is 0 Å². The second-order valence-corrected chi connectivity index (χ2v) is 4.22. The molecule has 0 fully saturated rings. The Bertz CT molecular complexity index is 544. The van der Waals surface area contributed by atoms with Gasteiger partial charge in [-0.05, 0) is 12.5 Å². The van der Waals surface area contributed by atoms with Crippen molar-refractivity contribution in [3.8, 4) is 17.2 Å². The zero-order valence-electron chi connectivity index (χ0n) is 11.6. The van der Waals surface area contributed by atoms with Gasteiger partial charge in [-0.25, -0.2) is 0 Å². The molecule has 1 atom stereocenters. The van der Waals surface area contributed by atoms with Gasteiger partial charge in [-0.3, -0.25) is 4.98 Å². The fourth-order valence-corrected chi connectivity index (χ4v) is 1.64. The summed E-state index contributed by atoms with van der Waals surface area (Å²) in [6, 6.07) is 1.33. The van der Waals surface area contributed by atoms with Crippen molar-refractivity contribution >= 4 is 0 Å². The Morgan fingerprint density at radius 2 is 2.30 bits per heavy atom.